The maximum atomic E-state index is 12.6. The van der Waals surface area contributed by atoms with Gasteiger partial charge in [-0.2, -0.15) is 0 Å². The first-order valence-corrected chi connectivity index (χ1v) is 8.62. The van der Waals surface area contributed by atoms with Gasteiger partial charge in [0, 0.05) is 26.2 Å². The molecule has 5 heteroatoms. The summed E-state index contributed by atoms with van der Waals surface area (Å²) in [5.74, 6) is 0.301. The van der Waals surface area contributed by atoms with Crippen LogP contribution in [0.25, 0.3) is 0 Å². The van der Waals surface area contributed by atoms with Crippen LogP contribution in [0.4, 0.5) is 5.69 Å². The molecule has 0 bridgehead atoms. The van der Waals surface area contributed by atoms with Crippen LogP contribution in [0.15, 0.2) is 54.6 Å². The van der Waals surface area contributed by atoms with Crippen molar-refractivity contribution in [1.29, 1.82) is 0 Å². The average Bonchev–Trinajstić information content (AvgIpc) is 2.67. The van der Waals surface area contributed by atoms with E-state index < -0.39 is 6.10 Å². The Morgan fingerprint density at radius 2 is 1.68 bits per heavy atom. The minimum atomic E-state index is -0.461. The van der Waals surface area contributed by atoms with Gasteiger partial charge in [0.05, 0.1) is 12.3 Å². The molecule has 0 unspecified atom stereocenters. The van der Waals surface area contributed by atoms with Crippen LogP contribution in [0.2, 0.25) is 0 Å². The highest BCUT2D eigenvalue weighted by Crippen LogP contribution is 2.27. The normalized spacial score (nSPS) is 15.9. The molecule has 2 aromatic rings. The summed E-state index contributed by atoms with van der Waals surface area (Å²) in [6.45, 7) is 4.91. The zero-order valence-corrected chi connectivity index (χ0v) is 14.5. The Hall–Kier alpha value is -2.53. The van der Waals surface area contributed by atoms with E-state index in [9.17, 15) is 9.90 Å². The van der Waals surface area contributed by atoms with E-state index in [-0.39, 0.29) is 11.7 Å². The number of rotatable bonds is 5. The quantitative estimate of drug-likeness (QED) is 0.909. The van der Waals surface area contributed by atoms with E-state index in [2.05, 4.69) is 4.90 Å². The number of carbonyl (C=O) groups excluding carboxylic acids is 1. The number of aromatic hydroxyl groups is 1. The van der Waals surface area contributed by atoms with Gasteiger partial charge in [-0.25, -0.2) is 0 Å². The molecule has 1 atom stereocenters. The number of phenolic OH excluding ortho intramolecular Hbond substituents is 1. The lowest BCUT2D eigenvalue weighted by Gasteiger charge is -2.37. The molecule has 2 aromatic carbocycles. The number of benzene rings is 2. The van der Waals surface area contributed by atoms with Gasteiger partial charge in [-0.3, -0.25) is 4.79 Å². The summed E-state index contributed by atoms with van der Waals surface area (Å²) < 4.78 is 5.73. The van der Waals surface area contributed by atoms with Crippen molar-refractivity contribution in [3.63, 3.8) is 0 Å². The molecule has 1 N–H and O–H groups in total. The summed E-state index contributed by atoms with van der Waals surface area (Å²) in [5, 5.41) is 9.96. The summed E-state index contributed by atoms with van der Waals surface area (Å²) >= 11 is 0. The van der Waals surface area contributed by atoms with Crippen molar-refractivity contribution in [3.05, 3.63) is 60.2 Å². The van der Waals surface area contributed by atoms with Crippen molar-refractivity contribution in [2.75, 3.05) is 31.1 Å². The third-order valence-corrected chi connectivity index (χ3v) is 4.50. The fourth-order valence-electron chi connectivity index (χ4n) is 3.02. The lowest BCUT2D eigenvalue weighted by atomic mass is 10.2. The number of para-hydroxylation sites is 2. The SMILES string of the molecule is C[C@@H](OCc1ccccc1)C(=O)N1CCN(c2ccccc2O)CC1. The molecule has 3 rings (SSSR count). The second-order valence-corrected chi connectivity index (χ2v) is 6.24. The summed E-state index contributed by atoms with van der Waals surface area (Å²) in [6.07, 6.45) is -0.461. The molecular weight excluding hydrogens is 316 g/mol. The summed E-state index contributed by atoms with van der Waals surface area (Å²) in [6, 6.07) is 17.2. The van der Waals surface area contributed by atoms with Crippen LogP contribution in [0.3, 0.4) is 0 Å². The number of hydrogen-bond acceptors (Lipinski definition) is 4. The number of anilines is 1. The lowest BCUT2D eigenvalue weighted by molar-refractivity contribution is -0.143. The second kappa shape index (κ2) is 8.03. The third-order valence-electron chi connectivity index (χ3n) is 4.50. The number of phenols is 1. The zero-order chi connectivity index (χ0) is 17.6. The molecule has 0 aromatic heterocycles. The molecule has 1 heterocycles. The maximum absolute atomic E-state index is 12.6. The highest BCUT2D eigenvalue weighted by atomic mass is 16.5. The van der Waals surface area contributed by atoms with E-state index in [4.69, 9.17) is 4.74 Å². The zero-order valence-electron chi connectivity index (χ0n) is 14.5. The molecule has 25 heavy (non-hydrogen) atoms. The predicted molar refractivity (Wildman–Crippen MR) is 97.6 cm³/mol. The van der Waals surface area contributed by atoms with Crippen LogP contribution in [-0.4, -0.2) is 48.2 Å². The van der Waals surface area contributed by atoms with Gasteiger partial charge in [-0.1, -0.05) is 42.5 Å². The van der Waals surface area contributed by atoms with E-state index in [1.807, 2.05) is 53.4 Å². The number of ether oxygens (including phenoxy) is 1. The van der Waals surface area contributed by atoms with Gasteiger partial charge in [-0.05, 0) is 24.6 Å². The van der Waals surface area contributed by atoms with Crippen molar-refractivity contribution in [3.8, 4) is 5.75 Å². The molecular formula is C20H24N2O3. The Bertz CT molecular complexity index is 697. The molecule has 132 valence electrons. The first-order valence-electron chi connectivity index (χ1n) is 8.62. The van der Waals surface area contributed by atoms with Gasteiger partial charge in [0.25, 0.3) is 5.91 Å². The van der Waals surface area contributed by atoms with E-state index >= 15 is 0 Å². The number of hydrogen-bond donors (Lipinski definition) is 1. The smallest absolute Gasteiger partial charge is 0.251 e. The van der Waals surface area contributed by atoms with Gasteiger partial charge < -0.3 is 19.6 Å². The highest BCUT2D eigenvalue weighted by molar-refractivity contribution is 5.81. The van der Waals surface area contributed by atoms with Gasteiger partial charge >= 0.3 is 0 Å². The standard InChI is InChI=1S/C20H24N2O3/c1-16(25-15-17-7-3-2-4-8-17)20(24)22-13-11-21(12-14-22)18-9-5-6-10-19(18)23/h2-10,16,23H,11-15H2,1H3/t16-/m1/s1. The van der Waals surface area contributed by atoms with Crippen LogP contribution in [0, 0.1) is 0 Å². The summed E-state index contributed by atoms with van der Waals surface area (Å²) in [5.41, 5.74) is 1.88. The van der Waals surface area contributed by atoms with Crippen molar-refractivity contribution in [1.82, 2.24) is 4.90 Å². The van der Waals surface area contributed by atoms with Crippen molar-refractivity contribution in [2.45, 2.75) is 19.6 Å². The molecule has 1 saturated heterocycles. The Labute approximate surface area is 148 Å². The Kier molecular flexibility index (Phi) is 5.56. The Morgan fingerprint density at radius 3 is 2.36 bits per heavy atom. The second-order valence-electron chi connectivity index (χ2n) is 6.24. The Balaban J connectivity index is 1.50. The van der Waals surface area contributed by atoms with Gasteiger partial charge in [0.15, 0.2) is 0 Å². The lowest BCUT2D eigenvalue weighted by Crippen LogP contribution is -2.51. The molecule has 1 fully saturated rings. The molecule has 0 radical (unpaired) electrons. The topological polar surface area (TPSA) is 53.0 Å². The average molecular weight is 340 g/mol. The number of piperazine rings is 1. The van der Waals surface area contributed by atoms with Gasteiger partial charge in [0.2, 0.25) is 0 Å². The van der Waals surface area contributed by atoms with Crippen molar-refractivity contribution < 1.29 is 14.6 Å². The fourth-order valence-corrected chi connectivity index (χ4v) is 3.02. The fraction of sp³-hybridized carbons (Fsp3) is 0.350. The molecule has 1 amide bonds. The molecule has 0 saturated carbocycles. The highest BCUT2D eigenvalue weighted by Gasteiger charge is 2.26. The first kappa shape index (κ1) is 17.3. The van der Waals surface area contributed by atoms with Crippen LogP contribution < -0.4 is 4.90 Å². The van der Waals surface area contributed by atoms with Gasteiger partial charge in [0.1, 0.15) is 11.9 Å². The predicted octanol–water partition coefficient (Wildman–Crippen LogP) is 2.65. The molecule has 5 nitrogen and oxygen atoms in total. The summed E-state index contributed by atoms with van der Waals surface area (Å²) in [4.78, 5) is 16.5. The summed E-state index contributed by atoms with van der Waals surface area (Å²) in [7, 11) is 0. The first-order chi connectivity index (χ1) is 12.1. The van der Waals surface area contributed by atoms with Crippen molar-refractivity contribution >= 4 is 11.6 Å². The number of carbonyl (C=O) groups is 1. The molecule has 1 aliphatic rings. The molecule has 1 aliphatic heterocycles. The van der Waals surface area contributed by atoms with Gasteiger partial charge in [-0.15, -0.1) is 0 Å². The largest absolute Gasteiger partial charge is 0.506 e. The van der Waals surface area contributed by atoms with E-state index in [0.29, 0.717) is 32.8 Å². The minimum absolute atomic E-state index is 0.0212. The van der Waals surface area contributed by atoms with Crippen LogP contribution >= 0.6 is 0 Å². The third kappa shape index (κ3) is 4.31. The van der Waals surface area contributed by atoms with E-state index in [0.717, 1.165) is 11.3 Å². The van der Waals surface area contributed by atoms with E-state index in [1.54, 1.807) is 13.0 Å². The molecule has 0 aliphatic carbocycles. The minimum Gasteiger partial charge on any atom is -0.506 e. The monoisotopic (exact) mass is 340 g/mol. The number of nitrogens with zero attached hydrogens (tertiary/aromatic N) is 2. The van der Waals surface area contributed by atoms with Crippen LogP contribution in [-0.2, 0) is 16.1 Å². The maximum Gasteiger partial charge on any atom is 0.251 e. The van der Waals surface area contributed by atoms with E-state index in [1.165, 1.54) is 0 Å². The number of amides is 1. The Morgan fingerprint density at radius 1 is 1.04 bits per heavy atom. The van der Waals surface area contributed by atoms with Crippen molar-refractivity contribution in [2.24, 2.45) is 0 Å². The van der Waals surface area contributed by atoms with Crippen LogP contribution in [0.5, 0.6) is 5.75 Å². The van der Waals surface area contributed by atoms with Crippen LogP contribution in [0.1, 0.15) is 12.5 Å². The molecule has 0 spiro atoms.